The van der Waals surface area contributed by atoms with Crippen molar-refractivity contribution in [2.75, 3.05) is 0 Å². The summed E-state index contributed by atoms with van der Waals surface area (Å²) in [5.74, 6) is 0. The first-order valence-electron chi connectivity index (χ1n) is 12.0. The first-order valence-corrected chi connectivity index (χ1v) is 12.0. The number of aryl methyl sites for hydroxylation is 1. The van der Waals surface area contributed by atoms with Crippen molar-refractivity contribution >= 4 is 17.2 Å². The van der Waals surface area contributed by atoms with Gasteiger partial charge in [0.1, 0.15) is 0 Å². The second kappa shape index (κ2) is 8.15. The third-order valence-corrected chi connectivity index (χ3v) is 7.31. The van der Waals surface area contributed by atoms with Crippen LogP contribution in [0.1, 0.15) is 45.4 Å². The summed E-state index contributed by atoms with van der Waals surface area (Å²) >= 11 is 0. The molecule has 163 valence electrons. The SMILES string of the molecule is Cc1c(C2=CC=CC2)c2c(c(=C(c3ccccc3)c3ccccc3)c1C)=c1c(C)cccc1=[C]2. The van der Waals surface area contributed by atoms with Gasteiger partial charge < -0.3 is 0 Å². The average molecular weight is 436 g/mol. The molecular weight excluding hydrogens is 408 g/mol. The fraction of sp³-hybridized carbons (Fsp3) is 0.118. The minimum atomic E-state index is 0.983. The standard InChI is InChI=1S/C34H27/c1-22-13-12-20-28-21-29-31(25-18-10-11-19-25)23(2)24(3)32(34(29)30(22)28)33(26-14-6-4-7-15-26)27-16-8-5-9-17-27/h4-18,20H,19H2,1-3H3. The zero-order valence-electron chi connectivity index (χ0n) is 19.9. The highest BCUT2D eigenvalue weighted by Crippen LogP contribution is 2.33. The van der Waals surface area contributed by atoms with Gasteiger partial charge in [0.2, 0.25) is 0 Å². The van der Waals surface area contributed by atoms with Crippen LogP contribution in [0.3, 0.4) is 0 Å². The molecule has 0 fully saturated rings. The van der Waals surface area contributed by atoms with Crippen molar-refractivity contribution in [3.8, 4) is 0 Å². The van der Waals surface area contributed by atoms with Crippen LogP contribution in [0.5, 0.6) is 0 Å². The number of hydrogen-bond donors (Lipinski definition) is 0. The van der Waals surface area contributed by atoms with Crippen molar-refractivity contribution in [3.05, 3.63) is 157 Å². The molecule has 0 N–H and O–H groups in total. The fourth-order valence-corrected chi connectivity index (χ4v) is 5.62. The molecule has 0 heteroatoms. The largest absolute Gasteiger partial charge is 0.0801 e. The number of benzene rings is 4. The lowest BCUT2D eigenvalue weighted by molar-refractivity contribution is 1.21. The minimum absolute atomic E-state index is 0.983. The number of hydrogen-bond acceptors (Lipinski definition) is 0. The van der Waals surface area contributed by atoms with E-state index in [1.165, 1.54) is 71.0 Å². The van der Waals surface area contributed by atoms with Gasteiger partial charge in [-0.3, -0.25) is 0 Å². The van der Waals surface area contributed by atoms with E-state index in [0.717, 1.165) is 6.42 Å². The predicted octanol–water partition coefficient (Wildman–Crippen LogP) is 6.51. The molecule has 2 aliphatic rings. The van der Waals surface area contributed by atoms with Crippen LogP contribution in [-0.4, -0.2) is 0 Å². The quantitative estimate of drug-likeness (QED) is 0.303. The van der Waals surface area contributed by atoms with Gasteiger partial charge in [0, 0.05) is 0 Å². The molecule has 34 heavy (non-hydrogen) atoms. The number of fused-ring (bicyclic) bond motifs is 2. The summed E-state index contributed by atoms with van der Waals surface area (Å²) in [5, 5.41) is 5.20. The maximum atomic E-state index is 3.85. The van der Waals surface area contributed by atoms with E-state index in [4.69, 9.17) is 0 Å². The van der Waals surface area contributed by atoms with Crippen LogP contribution in [-0.2, 0) is 0 Å². The Hall–Kier alpha value is -3.90. The molecule has 6 rings (SSSR count). The van der Waals surface area contributed by atoms with Crippen LogP contribution < -0.4 is 10.4 Å². The van der Waals surface area contributed by atoms with Crippen molar-refractivity contribution in [1.29, 1.82) is 0 Å². The Balaban J connectivity index is 1.94. The van der Waals surface area contributed by atoms with Gasteiger partial charge in [-0.1, -0.05) is 97.1 Å². The number of rotatable bonds is 3. The van der Waals surface area contributed by atoms with E-state index < -0.39 is 0 Å². The summed E-state index contributed by atoms with van der Waals surface area (Å²) in [4.78, 5) is 0. The van der Waals surface area contributed by atoms with Crippen molar-refractivity contribution in [3.63, 3.8) is 0 Å². The Morgan fingerprint density at radius 2 is 1.38 bits per heavy atom. The third-order valence-electron chi connectivity index (χ3n) is 7.31. The van der Waals surface area contributed by atoms with E-state index in [9.17, 15) is 0 Å². The molecule has 4 aromatic rings. The van der Waals surface area contributed by atoms with Crippen molar-refractivity contribution < 1.29 is 0 Å². The van der Waals surface area contributed by atoms with E-state index in [1.807, 2.05) is 0 Å². The van der Waals surface area contributed by atoms with Crippen molar-refractivity contribution in [1.82, 2.24) is 0 Å². The predicted molar refractivity (Wildman–Crippen MR) is 143 cm³/mol. The van der Waals surface area contributed by atoms with Gasteiger partial charge in [0.25, 0.3) is 0 Å². The Morgan fingerprint density at radius 3 is 2.00 bits per heavy atom. The fourth-order valence-electron chi connectivity index (χ4n) is 5.62. The maximum Gasteiger partial charge on any atom is -0.000709 e. The zero-order valence-corrected chi connectivity index (χ0v) is 19.9. The first-order chi connectivity index (χ1) is 16.6. The van der Waals surface area contributed by atoms with Gasteiger partial charge >= 0.3 is 0 Å². The highest BCUT2D eigenvalue weighted by atomic mass is 14.2. The second-order valence-electron chi connectivity index (χ2n) is 9.30. The lowest BCUT2D eigenvalue weighted by Crippen LogP contribution is -2.20. The maximum absolute atomic E-state index is 3.85. The molecule has 0 spiro atoms. The first kappa shape index (κ1) is 20.7. The molecule has 2 aliphatic carbocycles. The molecule has 0 aliphatic heterocycles. The lowest BCUT2D eigenvalue weighted by Gasteiger charge is -2.18. The van der Waals surface area contributed by atoms with E-state index in [2.05, 4.69) is 124 Å². The van der Waals surface area contributed by atoms with Crippen molar-refractivity contribution in [2.45, 2.75) is 27.2 Å². The van der Waals surface area contributed by atoms with E-state index in [-0.39, 0.29) is 0 Å². The van der Waals surface area contributed by atoms with Gasteiger partial charge in [-0.15, -0.1) is 0 Å². The third kappa shape index (κ3) is 3.14. The molecule has 0 amide bonds. The highest BCUT2D eigenvalue weighted by Gasteiger charge is 2.21. The van der Waals surface area contributed by atoms with Crippen LogP contribution in [0.4, 0.5) is 0 Å². The minimum Gasteiger partial charge on any atom is -0.0801 e. The Kier molecular flexibility index (Phi) is 4.96. The molecule has 0 atom stereocenters. The average Bonchev–Trinajstić information content (AvgIpc) is 3.52. The Bertz CT molecular complexity index is 1670. The molecular formula is C34H27. The van der Waals surface area contributed by atoms with Crippen molar-refractivity contribution in [2.24, 2.45) is 0 Å². The monoisotopic (exact) mass is 435 g/mol. The molecule has 0 bridgehead atoms. The highest BCUT2D eigenvalue weighted by molar-refractivity contribution is 5.85. The molecule has 0 nitrogen and oxygen atoms in total. The van der Waals surface area contributed by atoms with Gasteiger partial charge in [0.05, 0.1) is 0 Å². The Labute approximate surface area is 201 Å². The second-order valence-corrected chi connectivity index (χ2v) is 9.30. The van der Waals surface area contributed by atoms with Crippen LogP contribution in [0.25, 0.3) is 17.2 Å². The molecule has 0 heterocycles. The molecule has 0 saturated carbocycles. The van der Waals surface area contributed by atoms with Crippen LogP contribution in [0.15, 0.2) is 97.1 Å². The van der Waals surface area contributed by atoms with Crippen LogP contribution in [0.2, 0.25) is 0 Å². The van der Waals surface area contributed by atoms with E-state index in [1.54, 1.807) is 0 Å². The van der Waals surface area contributed by atoms with Gasteiger partial charge in [0.15, 0.2) is 0 Å². The summed E-state index contributed by atoms with van der Waals surface area (Å²) < 4.78 is 0. The van der Waals surface area contributed by atoms with E-state index in [0.29, 0.717) is 0 Å². The number of allylic oxidation sites excluding steroid dienone is 4. The molecule has 4 aromatic carbocycles. The molecule has 0 aromatic heterocycles. The van der Waals surface area contributed by atoms with E-state index >= 15 is 0 Å². The van der Waals surface area contributed by atoms with Crippen LogP contribution >= 0.6 is 0 Å². The zero-order chi connectivity index (χ0) is 23.2. The molecule has 1 radical (unpaired) electrons. The smallest absolute Gasteiger partial charge is 0.000709 e. The summed E-state index contributed by atoms with van der Waals surface area (Å²) in [5.41, 5.74) is 11.8. The van der Waals surface area contributed by atoms with Gasteiger partial charge in [-0.25, -0.2) is 0 Å². The van der Waals surface area contributed by atoms with Gasteiger partial charge in [-0.05, 0) is 104 Å². The molecule has 0 unspecified atom stereocenters. The van der Waals surface area contributed by atoms with Crippen LogP contribution in [0, 0.1) is 31.2 Å². The molecule has 0 saturated heterocycles. The summed E-state index contributed by atoms with van der Waals surface area (Å²) in [6.45, 7) is 6.83. The van der Waals surface area contributed by atoms with Gasteiger partial charge in [-0.2, -0.15) is 0 Å². The summed E-state index contributed by atoms with van der Waals surface area (Å²) in [6, 6.07) is 28.3. The topological polar surface area (TPSA) is 0 Å². The lowest BCUT2D eigenvalue weighted by atomic mass is 9.85. The normalized spacial score (nSPS) is 13.3. The summed E-state index contributed by atoms with van der Waals surface area (Å²) in [6.07, 6.45) is 11.5. The Morgan fingerprint density at radius 1 is 0.706 bits per heavy atom. The summed E-state index contributed by atoms with van der Waals surface area (Å²) in [7, 11) is 0.